The predicted octanol–water partition coefficient (Wildman–Crippen LogP) is 5.46. The summed E-state index contributed by atoms with van der Waals surface area (Å²) in [7, 11) is 3.02. The number of hydrogen-bond donors (Lipinski definition) is 3. The number of nitrogens with zero attached hydrogens (tertiary/aromatic N) is 3. The molecule has 16 heteroatoms. The molecule has 1 aromatic carbocycles. The van der Waals surface area contributed by atoms with E-state index in [1.807, 2.05) is 20.8 Å². The molecule has 3 aromatic rings. The smallest absolute Gasteiger partial charge is 0.408 e. The monoisotopic (exact) mass is 781 g/mol. The van der Waals surface area contributed by atoms with E-state index >= 15 is 0 Å². The van der Waals surface area contributed by atoms with E-state index < -0.39 is 58.9 Å². The van der Waals surface area contributed by atoms with Gasteiger partial charge in [0.1, 0.15) is 52.0 Å². The van der Waals surface area contributed by atoms with Crippen molar-refractivity contribution in [1.82, 2.24) is 25.5 Å². The van der Waals surface area contributed by atoms with Crippen LogP contribution >= 0.6 is 22.9 Å². The maximum absolute atomic E-state index is 14.6. The molecular weight excluding hydrogens is 738 g/mol. The first kappa shape index (κ1) is 37.7. The van der Waals surface area contributed by atoms with E-state index in [1.165, 1.54) is 43.0 Å². The van der Waals surface area contributed by atoms with Crippen LogP contribution in [-0.4, -0.2) is 94.4 Å². The zero-order chi connectivity index (χ0) is 38.7. The molecule has 2 aromatic heterocycles. The second-order valence-corrected chi connectivity index (χ2v) is 16.9. The van der Waals surface area contributed by atoms with Crippen molar-refractivity contribution in [3.05, 3.63) is 41.3 Å². The SMILES string of the molecule is C=C[C@@H]1C[C@]1(NC(=O)[C@@H]1C[C@@H](Oc2cc(-c3csc(OC)n3)nc3c(Cl)c(OC)ccc23)CN1C(=O)C(NC(=O)O[C@@H]1C[C@@H]2C[C@@H]2C1)C(C)(C)C)C(=O)O. The van der Waals surface area contributed by atoms with E-state index in [1.54, 1.807) is 23.6 Å². The molecule has 0 radical (unpaired) electrons. The van der Waals surface area contributed by atoms with Gasteiger partial charge in [-0.25, -0.2) is 19.6 Å². The molecule has 14 nitrogen and oxygen atoms in total. The number of likely N-dealkylation sites (tertiary alicyclic amines) is 1. The number of hydrogen-bond acceptors (Lipinski definition) is 11. The van der Waals surface area contributed by atoms with Gasteiger partial charge in [-0.3, -0.25) is 9.59 Å². The fourth-order valence-corrected chi connectivity index (χ4v) is 8.73. The number of nitrogens with one attached hydrogen (secondary N) is 2. The predicted molar refractivity (Wildman–Crippen MR) is 200 cm³/mol. The van der Waals surface area contributed by atoms with E-state index in [0.717, 1.165) is 12.8 Å². The lowest BCUT2D eigenvalue weighted by molar-refractivity contribution is -0.146. The number of carboxylic acids is 1. The summed E-state index contributed by atoms with van der Waals surface area (Å²) in [6.07, 6.45) is 2.86. The Morgan fingerprint density at radius 3 is 2.41 bits per heavy atom. The minimum atomic E-state index is -1.53. The molecule has 3 heterocycles. The number of halogens is 1. The second-order valence-electron chi connectivity index (χ2n) is 15.7. The summed E-state index contributed by atoms with van der Waals surface area (Å²) in [5.41, 5.74) is -0.973. The Hall–Kier alpha value is -4.63. The Bertz CT molecular complexity index is 2010. The molecule has 0 bridgehead atoms. The molecule has 4 aliphatic rings. The van der Waals surface area contributed by atoms with Gasteiger partial charge in [0.15, 0.2) is 0 Å². The average molecular weight is 782 g/mol. The Balaban J connectivity index is 1.20. The van der Waals surface area contributed by atoms with Crippen LogP contribution in [0.5, 0.6) is 16.7 Å². The number of thiazole rings is 1. The first-order chi connectivity index (χ1) is 25.6. The highest BCUT2D eigenvalue weighted by molar-refractivity contribution is 7.11. The third kappa shape index (κ3) is 7.15. The number of alkyl carbamates (subject to hydrolysis) is 1. The summed E-state index contributed by atoms with van der Waals surface area (Å²) in [5, 5.41) is 18.6. The van der Waals surface area contributed by atoms with Gasteiger partial charge >= 0.3 is 12.1 Å². The number of aliphatic carboxylic acids is 1. The topological polar surface area (TPSA) is 179 Å². The Labute approximate surface area is 321 Å². The maximum Gasteiger partial charge on any atom is 0.408 e. The molecule has 1 saturated heterocycles. The van der Waals surface area contributed by atoms with Crippen LogP contribution in [0, 0.1) is 23.2 Å². The molecule has 1 aliphatic heterocycles. The zero-order valence-corrected chi connectivity index (χ0v) is 32.3. The molecule has 7 rings (SSSR count). The van der Waals surface area contributed by atoms with Crippen molar-refractivity contribution in [2.24, 2.45) is 23.2 Å². The molecule has 0 spiro atoms. The molecular formula is C38H44ClN5O9S. The fraction of sp³-hybridized carbons (Fsp3) is 0.526. The molecule has 3 amide bonds. The highest BCUT2D eigenvalue weighted by Gasteiger charge is 2.61. The molecule has 3 N–H and O–H groups in total. The van der Waals surface area contributed by atoms with E-state index in [9.17, 15) is 24.3 Å². The van der Waals surface area contributed by atoms with Crippen molar-refractivity contribution in [2.45, 2.75) is 82.7 Å². The quantitative estimate of drug-likeness (QED) is 0.199. The lowest BCUT2D eigenvalue weighted by Gasteiger charge is -2.35. The number of carbonyl (C=O) groups is 4. The van der Waals surface area contributed by atoms with Crippen LogP contribution in [0.15, 0.2) is 36.2 Å². The number of carbonyl (C=O) groups excluding carboxylic acids is 3. The summed E-state index contributed by atoms with van der Waals surface area (Å²) >= 11 is 8.05. The summed E-state index contributed by atoms with van der Waals surface area (Å²) in [6.45, 7) is 9.11. The van der Waals surface area contributed by atoms with Crippen molar-refractivity contribution in [3.8, 4) is 28.1 Å². The van der Waals surface area contributed by atoms with Crippen LogP contribution in [-0.2, 0) is 19.1 Å². The number of carboxylic acid groups (broad SMARTS) is 1. The van der Waals surface area contributed by atoms with Gasteiger partial charge in [0, 0.05) is 29.2 Å². The molecule has 1 unspecified atom stereocenters. The Morgan fingerprint density at radius 2 is 1.80 bits per heavy atom. The molecule has 288 valence electrons. The molecule has 3 aliphatic carbocycles. The largest absolute Gasteiger partial charge is 0.495 e. The summed E-state index contributed by atoms with van der Waals surface area (Å²) in [6, 6.07) is 2.95. The number of aromatic nitrogens is 2. The first-order valence-electron chi connectivity index (χ1n) is 17.9. The highest BCUT2D eigenvalue weighted by atomic mass is 35.5. The minimum absolute atomic E-state index is 0.0196. The van der Waals surface area contributed by atoms with Gasteiger partial charge in [-0.1, -0.05) is 49.8 Å². The van der Waals surface area contributed by atoms with Crippen LogP contribution < -0.4 is 24.8 Å². The minimum Gasteiger partial charge on any atom is -0.495 e. The molecule has 54 heavy (non-hydrogen) atoms. The van der Waals surface area contributed by atoms with E-state index in [2.05, 4.69) is 22.2 Å². The molecule has 8 atom stereocenters. The summed E-state index contributed by atoms with van der Waals surface area (Å²) in [4.78, 5) is 64.9. The van der Waals surface area contributed by atoms with Crippen molar-refractivity contribution in [2.75, 3.05) is 20.8 Å². The van der Waals surface area contributed by atoms with E-state index in [0.29, 0.717) is 50.8 Å². The average Bonchev–Trinajstić information content (AvgIpc) is 3.78. The number of benzene rings is 1. The standard InChI is InChI=1S/C38H44ClN5O9S/c1-7-20-15-38(20,34(47)48)43-32(45)26-13-22(16-44(26)33(46)31(37(2,3)4)42-35(49)53-21-11-18-10-19(18)12-21)52-28-14-24(25-17-54-36(41-25)51-6)40-30-23(28)8-9-27(50-5)29(30)39/h7-9,14,17-22,26,31H,1,10-13,15-16H2,2-6H3,(H,42,49)(H,43,45)(H,47,48)/t18-,19+,20-,21+,22-,26+,31?,38-/m1/s1. The van der Waals surface area contributed by atoms with Gasteiger partial charge in [-0.15, -0.1) is 6.58 Å². The number of ether oxygens (including phenoxy) is 4. The normalized spacial score (nSPS) is 27.4. The summed E-state index contributed by atoms with van der Waals surface area (Å²) < 4.78 is 23.1. The van der Waals surface area contributed by atoms with Gasteiger partial charge in [-0.05, 0) is 55.1 Å². The Kier molecular flexibility index (Phi) is 9.92. The van der Waals surface area contributed by atoms with Crippen molar-refractivity contribution in [3.63, 3.8) is 0 Å². The fourth-order valence-electron chi connectivity index (χ4n) is 7.81. The number of amides is 3. The van der Waals surface area contributed by atoms with Crippen LogP contribution in [0.4, 0.5) is 4.79 Å². The zero-order valence-electron chi connectivity index (χ0n) is 30.7. The van der Waals surface area contributed by atoms with Gasteiger partial charge < -0.3 is 39.6 Å². The first-order valence-corrected chi connectivity index (χ1v) is 19.2. The lowest BCUT2D eigenvalue weighted by atomic mass is 9.85. The highest BCUT2D eigenvalue weighted by Crippen LogP contribution is 2.52. The van der Waals surface area contributed by atoms with Crippen LogP contribution in [0.2, 0.25) is 5.02 Å². The third-order valence-electron chi connectivity index (χ3n) is 11.0. The summed E-state index contributed by atoms with van der Waals surface area (Å²) in [5.74, 6) is -0.866. The second kappa shape index (κ2) is 14.2. The molecule has 3 saturated carbocycles. The van der Waals surface area contributed by atoms with Gasteiger partial charge in [-0.2, -0.15) is 0 Å². The van der Waals surface area contributed by atoms with Crippen LogP contribution in [0.3, 0.4) is 0 Å². The molecule has 4 fully saturated rings. The number of rotatable bonds is 12. The van der Waals surface area contributed by atoms with E-state index in [-0.39, 0.29) is 30.5 Å². The van der Waals surface area contributed by atoms with E-state index in [4.69, 9.17) is 35.5 Å². The van der Waals surface area contributed by atoms with Crippen molar-refractivity contribution >= 4 is 57.7 Å². The number of fused-ring (bicyclic) bond motifs is 2. The van der Waals surface area contributed by atoms with Gasteiger partial charge in [0.05, 0.1) is 32.0 Å². The Morgan fingerprint density at radius 1 is 1.06 bits per heavy atom. The lowest BCUT2D eigenvalue weighted by Crippen LogP contribution is -2.59. The van der Waals surface area contributed by atoms with Gasteiger partial charge in [0.25, 0.3) is 5.19 Å². The van der Waals surface area contributed by atoms with Crippen LogP contribution in [0.1, 0.15) is 52.9 Å². The van der Waals surface area contributed by atoms with Crippen molar-refractivity contribution < 1.29 is 43.2 Å². The number of methoxy groups -OCH3 is 2. The maximum atomic E-state index is 14.6. The number of pyridine rings is 1. The third-order valence-corrected chi connectivity index (χ3v) is 12.2. The van der Waals surface area contributed by atoms with Crippen LogP contribution in [0.25, 0.3) is 22.3 Å². The van der Waals surface area contributed by atoms with Crippen molar-refractivity contribution in [1.29, 1.82) is 0 Å². The van der Waals surface area contributed by atoms with Gasteiger partial charge in [0.2, 0.25) is 11.8 Å².